The summed E-state index contributed by atoms with van der Waals surface area (Å²) in [6.45, 7) is 6.02. The molecule has 30 heavy (non-hydrogen) atoms. The van der Waals surface area contributed by atoms with Crippen LogP contribution in [0.3, 0.4) is 0 Å². The number of hydrogen-bond donors (Lipinski definition) is 0. The third kappa shape index (κ3) is 3.85. The van der Waals surface area contributed by atoms with Crippen LogP contribution in [-0.4, -0.2) is 86.2 Å². The number of para-hydroxylation sites is 2. The summed E-state index contributed by atoms with van der Waals surface area (Å²) in [5.41, 5.74) is 0. The van der Waals surface area contributed by atoms with Crippen LogP contribution in [0.2, 0.25) is 0 Å². The van der Waals surface area contributed by atoms with E-state index in [1.54, 1.807) is 0 Å². The number of nitrogens with zero attached hydrogens (tertiary/aromatic N) is 5. The number of aromatic nitrogens is 2. The number of ether oxygens (including phenoxy) is 3. The third-order valence-electron chi connectivity index (χ3n) is 5.67. The highest BCUT2D eigenvalue weighted by Gasteiger charge is 2.33. The van der Waals surface area contributed by atoms with Crippen LogP contribution in [0, 0.1) is 0 Å². The van der Waals surface area contributed by atoms with Gasteiger partial charge in [-0.1, -0.05) is 12.1 Å². The van der Waals surface area contributed by atoms with Gasteiger partial charge >= 0.3 is 0 Å². The SMILES string of the molecule is O=C(C1COc2ccccc2O1)N1CCN(c2ccc(N3CCOCC3)nn2)CC1. The summed E-state index contributed by atoms with van der Waals surface area (Å²) in [6, 6.07) is 11.4. The number of benzene rings is 1. The van der Waals surface area contributed by atoms with Gasteiger partial charge < -0.3 is 28.9 Å². The lowest BCUT2D eigenvalue weighted by molar-refractivity contribution is -0.141. The van der Waals surface area contributed by atoms with Crippen molar-refractivity contribution in [3.8, 4) is 11.5 Å². The Bertz CT molecular complexity index is 879. The predicted octanol–water partition coefficient (Wildman–Crippen LogP) is 0.802. The van der Waals surface area contributed by atoms with E-state index in [9.17, 15) is 4.79 Å². The number of rotatable bonds is 3. The fourth-order valence-corrected chi connectivity index (χ4v) is 3.95. The number of piperazine rings is 1. The van der Waals surface area contributed by atoms with Crippen LogP contribution in [0.4, 0.5) is 11.6 Å². The van der Waals surface area contributed by atoms with Crippen LogP contribution in [-0.2, 0) is 9.53 Å². The number of carbonyl (C=O) groups is 1. The van der Waals surface area contributed by atoms with Crippen LogP contribution in [0.1, 0.15) is 0 Å². The average Bonchev–Trinajstić information content (AvgIpc) is 2.84. The first-order valence-electron chi connectivity index (χ1n) is 10.4. The Morgan fingerprint density at radius 1 is 0.833 bits per heavy atom. The van der Waals surface area contributed by atoms with Gasteiger partial charge in [-0.05, 0) is 24.3 Å². The molecule has 1 aromatic heterocycles. The van der Waals surface area contributed by atoms with E-state index >= 15 is 0 Å². The van der Waals surface area contributed by atoms with E-state index in [4.69, 9.17) is 14.2 Å². The molecule has 158 valence electrons. The molecule has 1 atom stereocenters. The van der Waals surface area contributed by atoms with Crippen LogP contribution in [0.5, 0.6) is 11.5 Å². The van der Waals surface area contributed by atoms with E-state index in [0.29, 0.717) is 37.7 Å². The quantitative estimate of drug-likeness (QED) is 0.734. The fraction of sp³-hybridized carbons (Fsp3) is 0.476. The molecule has 5 rings (SSSR count). The Morgan fingerprint density at radius 3 is 2.13 bits per heavy atom. The molecule has 2 fully saturated rings. The first-order chi connectivity index (χ1) is 14.8. The van der Waals surface area contributed by atoms with Gasteiger partial charge in [-0.2, -0.15) is 0 Å². The zero-order valence-electron chi connectivity index (χ0n) is 16.8. The van der Waals surface area contributed by atoms with Crippen molar-refractivity contribution in [3.63, 3.8) is 0 Å². The molecule has 2 aromatic rings. The lowest BCUT2D eigenvalue weighted by Crippen LogP contribution is -2.54. The van der Waals surface area contributed by atoms with E-state index in [0.717, 1.165) is 37.9 Å². The summed E-state index contributed by atoms with van der Waals surface area (Å²) < 4.78 is 16.9. The summed E-state index contributed by atoms with van der Waals surface area (Å²) in [5.74, 6) is 3.00. The molecule has 0 bridgehead atoms. The molecule has 1 amide bonds. The van der Waals surface area contributed by atoms with E-state index in [1.165, 1.54) is 0 Å². The zero-order chi connectivity index (χ0) is 20.3. The Balaban J connectivity index is 1.16. The Labute approximate surface area is 175 Å². The van der Waals surface area contributed by atoms with Crippen molar-refractivity contribution >= 4 is 17.5 Å². The molecule has 0 spiro atoms. The van der Waals surface area contributed by atoms with Gasteiger partial charge in [0.05, 0.1) is 13.2 Å². The van der Waals surface area contributed by atoms with Gasteiger partial charge in [0.25, 0.3) is 5.91 Å². The minimum atomic E-state index is -0.598. The maximum absolute atomic E-state index is 12.9. The lowest BCUT2D eigenvalue weighted by atomic mass is 10.2. The smallest absolute Gasteiger partial charge is 0.267 e. The third-order valence-corrected chi connectivity index (χ3v) is 5.67. The maximum atomic E-state index is 12.9. The normalized spacial score (nSPS) is 21.5. The predicted molar refractivity (Wildman–Crippen MR) is 110 cm³/mol. The molecule has 3 aliphatic rings. The highest BCUT2D eigenvalue weighted by atomic mass is 16.6. The van der Waals surface area contributed by atoms with E-state index in [1.807, 2.05) is 41.3 Å². The van der Waals surface area contributed by atoms with Gasteiger partial charge in [0.15, 0.2) is 23.1 Å². The Kier molecular flexibility index (Phi) is 5.27. The minimum Gasteiger partial charge on any atom is -0.485 e. The van der Waals surface area contributed by atoms with Gasteiger partial charge in [0.2, 0.25) is 6.10 Å². The van der Waals surface area contributed by atoms with Gasteiger partial charge in [0, 0.05) is 39.3 Å². The number of hydrogen-bond acceptors (Lipinski definition) is 8. The van der Waals surface area contributed by atoms with Gasteiger partial charge in [-0.25, -0.2) is 0 Å². The molecule has 3 aliphatic heterocycles. The molecule has 1 aromatic carbocycles. The minimum absolute atomic E-state index is 0.0297. The van der Waals surface area contributed by atoms with Gasteiger partial charge in [-0.3, -0.25) is 4.79 Å². The van der Waals surface area contributed by atoms with Gasteiger partial charge in [0.1, 0.15) is 6.61 Å². The summed E-state index contributed by atoms with van der Waals surface area (Å²) >= 11 is 0. The Morgan fingerprint density at radius 2 is 1.47 bits per heavy atom. The van der Waals surface area contributed by atoms with Crippen LogP contribution in [0.15, 0.2) is 36.4 Å². The van der Waals surface area contributed by atoms with Crippen molar-refractivity contribution in [2.75, 3.05) is 68.9 Å². The number of carbonyl (C=O) groups excluding carboxylic acids is 1. The second-order valence-electron chi connectivity index (χ2n) is 7.53. The average molecular weight is 411 g/mol. The molecule has 0 radical (unpaired) electrons. The summed E-state index contributed by atoms with van der Waals surface area (Å²) in [7, 11) is 0. The van der Waals surface area contributed by atoms with Crippen molar-refractivity contribution in [1.82, 2.24) is 15.1 Å². The second-order valence-corrected chi connectivity index (χ2v) is 7.53. The molecule has 9 nitrogen and oxygen atoms in total. The van der Waals surface area contributed by atoms with E-state index in [-0.39, 0.29) is 12.5 Å². The fourth-order valence-electron chi connectivity index (χ4n) is 3.95. The van der Waals surface area contributed by atoms with Crippen LogP contribution >= 0.6 is 0 Å². The highest BCUT2D eigenvalue weighted by molar-refractivity contribution is 5.82. The van der Waals surface area contributed by atoms with Crippen molar-refractivity contribution < 1.29 is 19.0 Å². The monoisotopic (exact) mass is 411 g/mol. The number of morpholine rings is 1. The molecule has 2 saturated heterocycles. The molecule has 9 heteroatoms. The highest BCUT2D eigenvalue weighted by Crippen LogP contribution is 2.31. The van der Waals surface area contributed by atoms with E-state index < -0.39 is 6.10 Å². The van der Waals surface area contributed by atoms with Crippen LogP contribution < -0.4 is 19.3 Å². The number of amides is 1. The van der Waals surface area contributed by atoms with Crippen molar-refractivity contribution in [2.45, 2.75) is 6.10 Å². The van der Waals surface area contributed by atoms with Gasteiger partial charge in [-0.15, -0.1) is 10.2 Å². The summed E-state index contributed by atoms with van der Waals surface area (Å²) in [4.78, 5) is 19.1. The standard InChI is InChI=1S/C21H25N5O4/c27-21(18-15-29-16-3-1-2-4-17(16)30-18)26-9-7-24(8-10-26)19-5-6-20(23-22-19)25-11-13-28-14-12-25/h1-6,18H,7-15H2. The largest absolute Gasteiger partial charge is 0.485 e. The van der Waals surface area contributed by atoms with Crippen molar-refractivity contribution in [2.24, 2.45) is 0 Å². The van der Waals surface area contributed by atoms with Crippen LogP contribution in [0.25, 0.3) is 0 Å². The topological polar surface area (TPSA) is 80.3 Å². The van der Waals surface area contributed by atoms with E-state index in [2.05, 4.69) is 20.0 Å². The first kappa shape index (κ1) is 18.9. The number of anilines is 2. The Hall–Kier alpha value is -3.07. The molecule has 0 saturated carbocycles. The summed E-state index contributed by atoms with van der Waals surface area (Å²) in [5, 5.41) is 8.80. The molecule has 1 unspecified atom stereocenters. The second kappa shape index (κ2) is 8.35. The molecular weight excluding hydrogens is 386 g/mol. The number of fused-ring (bicyclic) bond motifs is 1. The first-order valence-corrected chi connectivity index (χ1v) is 10.4. The van der Waals surface area contributed by atoms with Crippen molar-refractivity contribution in [1.29, 1.82) is 0 Å². The molecular formula is C21H25N5O4. The molecule has 4 heterocycles. The zero-order valence-corrected chi connectivity index (χ0v) is 16.8. The molecule has 0 N–H and O–H groups in total. The van der Waals surface area contributed by atoms with Crippen molar-refractivity contribution in [3.05, 3.63) is 36.4 Å². The maximum Gasteiger partial charge on any atom is 0.267 e. The molecule has 0 aliphatic carbocycles. The lowest BCUT2D eigenvalue weighted by Gasteiger charge is -2.37. The summed E-state index contributed by atoms with van der Waals surface area (Å²) in [6.07, 6.45) is -0.598.